The fourth-order valence-electron chi connectivity index (χ4n) is 7.98. The van der Waals surface area contributed by atoms with Crippen molar-refractivity contribution in [2.75, 3.05) is 7.11 Å². The van der Waals surface area contributed by atoms with Crippen LogP contribution in [0.1, 0.15) is 81.0 Å². The van der Waals surface area contributed by atoms with Gasteiger partial charge in [-0.15, -0.1) is 0 Å². The van der Waals surface area contributed by atoms with E-state index >= 15 is 8.78 Å². The van der Waals surface area contributed by atoms with Crippen LogP contribution in [0, 0.1) is 28.9 Å². The highest BCUT2D eigenvalue weighted by molar-refractivity contribution is 5.79. The van der Waals surface area contributed by atoms with Gasteiger partial charge in [0, 0.05) is 22.6 Å². The number of carboxylic acid groups (broad SMARTS) is 1. The summed E-state index contributed by atoms with van der Waals surface area (Å²) in [5.41, 5.74) is 3.97. The van der Waals surface area contributed by atoms with Gasteiger partial charge in [0.2, 0.25) is 5.88 Å². The van der Waals surface area contributed by atoms with E-state index < -0.39 is 28.9 Å². The van der Waals surface area contributed by atoms with Gasteiger partial charge in [0.05, 0.1) is 19.2 Å². The first kappa shape index (κ1) is 27.7. The molecule has 41 heavy (non-hydrogen) atoms. The van der Waals surface area contributed by atoms with E-state index in [2.05, 4.69) is 24.9 Å². The number of carbonyl (C=O) groups is 1. The van der Waals surface area contributed by atoms with E-state index in [4.69, 9.17) is 9.47 Å². The van der Waals surface area contributed by atoms with Crippen LogP contribution in [0.25, 0.3) is 11.1 Å². The molecule has 216 valence electrons. The Kier molecular flexibility index (Phi) is 6.82. The second-order valence-corrected chi connectivity index (χ2v) is 12.8. The van der Waals surface area contributed by atoms with Crippen LogP contribution < -0.4 is 9.47 Å². The normalized spacial score (nSPS) is 26.0. The van der Waals surface area contributed by atoms with Crippen molar-refractivity contribution in [3.05, 3.63) is 76.5 Å². The van der Waals surface area contributed by atoms with Crippen LogP contribution in [0.4, 0.5) is 8.78 Å². The molecular weight excluding hydrogens is 524 g/mol. The van der Waals surface area contributed by atoms with E-state index in [-0.39, 0.29) is 29.6 Å². The average Bonchev–Trinajstić information content (AvgIpc) is 3.34. The number of aliphatic carboxylic acids is 1. The van der Waals surface area contributed by atoms with E-state index in [1.54, 1.807) is 12.1 Å². The minimum absolute atomic E-state index is 0.0440. The number of hydrogen-bond donors (Lipinski definition) is 1. The summed E-state index contributed by atoms with van der Waals surface area (Å²) in [5, 5.41) is 9.80. The number of aromatic nitrogens is 1. The smallest absolute Gasteiger partial charge is 0.307 e. The molecule has 0 saturated heterocycles. The minimum atomic E-state index is -0.859. The number of rotatable bonds is 7. The molecule has 3 aliphatic carbocycles. The first-order chi connectivity index (χ1) is 19.6. The van der Waals surface area contributed by atoms with Crippen molar-refractivity contribution in [3.63, 3.8) is 0 Å². The molecule has 0 aliphatic heterocycles. The maximum absolute atomic E-state index is 16.1. The Labute approximate surface area is 239 Å². The number of aryl methyl sites for hydroxylation is 1. The van der Waals surface area contributed by atoms with Crippen molar-refractivity contribution < 1.29 is 28.2 Å². The van der Waals surface area contributed by atoms with Gasteiger partial charge in [0.25, 0.3) is 0 Å². The van der Waals surface area contributed by atoms with Crippen LogP contribution in [0.15, 0.2) is 42.6 Å². The molecular formula is C34H37F2NO4. The topological polar surface area (TPSA) is 68.7 Å². The largest absolute Gasteiger partial charge is 0.486 e. The summed E-state index contributed by atoms with van der Waals surface area (Å²) in [7, 11) is 1.51. The number of hydrogen-bond acceptors (Lipinski definition) is 4. The average molecular weight is 562 g/mol. The third-order valence-electron chi connectivity index (χ3n) is 10.2. The van der Waals surface area contributed by atoms with E-state index in [9.17, 15) is 9.90 Å². The van der Waals surface area contributed by atoms with Gasteiger partial charge in [-0.2, -0.15) is 0 Å². The lowest BCUT2D eigenvalue weighted by molar-refractivity contribution is -0.139. The monoisotopic (exact) mass is 561 g/mol. The van der Waals surface area contributed by atoms with Crippen molar-refractivity contribution in [1.29, 1.82) is 0 Å². The number of methoxy groups -OCH3 is 1. The number of halogens is 2. The van der Waals surface area contributed by atoms with E-state index in [1.165, 1.54) is 13.3 Å². The highest BCUT2D eigenvalue weighted by Gasteiger charge is 2.68. The van der Waals surface area contributed by atoms with E-state index in [1.807, 2.05) is 25.1 Å². The van der Waals surface area contributed by atoms with Crippen molar-refractivity contribution in [2.45, 2.75) is 77.2 Å². The number of benzene rings is 2. The van der Waals surface area contributed by atoms with Crippen LogP contribution in [0.5, 0.6) is 11.6 Å². The molecule has 4 unspecified atom stereocenters. The lowest BCUT2D eigenvalue weighted by Crippen LogP contribution is -2.24. The number of nitrogens with zero attached hydrogens (tertiary/aromatic N) is 1. The highest BCUT2D eigenvalue weighted by atomic mass is 19.1. The van der Waals surface area contributed by atoms with E-state index in [0.717, 1.165) is 54.4 Å². The van der Waals surface area contributed by atoms with Crippen LogP contribution in [-0.2, 0) is 23.2 Å². The van der Waals surface area contributed by atoms with Crippen molar-refractivity contribution in [2.24, 2.45) is 17.3 Å². The van der Waals surface area contributed by atoms with Gasteiger partial charge in [-0.05, 0) is 77.7 Å². The Hall–Kier alpha value is -3.48. The predicted molar refractivity (Wildman–Crippen MR) is 152 cm³/mol. The molecule has 3 aliphatic rings. The van der Waals surface area contributed by atoms with Crippen LogP contribution >= 0.6 is 0 Å². The maximum atomic E-state index is 16.1. The molecule has 0 radical (unpaired) electrons. The molecule has 3 aromatic rings. The summed E-state index contributed by atoms with van der Waals surface area (Å²) in [6.45, 7) is 6.56. The second-order valence-electron chi connectivity index (χ2n) is 12.8. The summed E-state index contributed by atoms with van der Waals surface area (Å²) < 4.78 is 42.5. The fourth-order valence-corrected chi connectivity index (χ4v) is 7.98. The Balaban J connectivity index is 1.34. The molecule has 2 saturated carbocycles. The summed E-state index contributed by atoms with van der Waals surface area (Å²) in [6.07, 6.45) is 6.64. The number of carboxylic acids is 1. The Bertz CT molecular complexity index is 1520. The number of fused-ring (bicyclic) bond motifs is 2. The summed E-state index contributed by atoms with van der Waals surface area (Å²) in [4.78, 5) is 16.0. The zero-order valence-corrected chi connectivity index (χ0v) is 24.1. The number of ether oxygens (including phenoxy) is 2. The van der Waals surface area contributed by atoms with Crippen molar-refractivity contribution in [1.82, 2.24) is 4.98 Å². The summed E-state index contributed by atoms with van der Waals surface area (Å²) in [6, 6.07) is 11.1. The molecule has 1 heterocycles. The molecule has 1 aromatic heterocycles. The van der Waals surface area contributed by atoms with Crippen molar-refractivity contribution in [3.8, 4) is 22.8 Å². The Morgan fingerprint density at radius 2 is 1.90 bits per heavy atom. The highest BCUT2D eigenvalue weighted by Crippen LogP contribution is 2.66. The number of pyridine rings is 1. The zero-order chi connectivity index (χ0) is 29.1. The van der Waals surface area contributed by atoms with Gasteiger partial charge in [-0.1, -0.05) is 51.5 Å². The molecule has 4 atom stereocenters. The van der Waals surface area contributed by atoms with Gasteiger partial charge in [0.1, 0.15) is 12.4 Å². The fraction of sp³-hybridized carbons (Fsp3) is 0.471. The van der Waals surface area contributed by atoms with Crippen molar-refractivity contribution >= 4 is 5.97 Å². The molecule has 0 bridgehead atoms. The summed E-state index contributed by atoms with van der Waals surface area (Å²) in [5.74, 6) is -1.67. The quantitative estimate of drug-likeness (QED) is 0.318. The lowest BCUT2D eigenvalue weighted by atomic mass is 9.75. The molecule has 1 spiro atoms. The van der Waals surface area contributed by atoms with Gasteiger partial charge >= 0.3 is 5.97 Å². The molecule has 2 aromatic carbocycles. The van der Waals surface area contributed by atoms with Gasteiger partial charge in [-0.25, -0.2) is 13.8 Å². The van der Waals surface area contributed by atoms with Crippen LogP contribution in [0.2, 0.25) is 0 Å². The lowest BCUT2D eigenvalue weighted by Gasteiger charge is -2.30. The van der Waals surface area contributed by atoms with Gasteiger partial charge < -0.3 is 14.6 Å². The van der Waals surface area contributed by atoms with Gasteiger partial charge in [-0.3, -0.25) is 4.79 Å². The third-order valence-corrected chi connectivity index (χ3v) is 10.2. The van der Waals surface area contributed by atoms with Crippen LogP contribution in [-0.4, -0.2) is 23.2 Å². The second kappa shape index (κ2) is 10.1. The minimum Gasteiger partial charge on any atom is -0.486 e. The third kappa shape index (κ3) is 4.48. The first-order valence-electron chi connectivity index (χ1n) is 14.6. The molecule has 5 nitrogen and oxygen atoms in total. The summed E-state index contributed by atoms with van der Waals surface area (Å²) >= 11 is 0. The SMILES string of the molecule is COc1cc(-c2ccc(COc3ccc4c(c3F)C3(CCC4)C(C)C3C(=O)O)cc2C2CCCC2(C)C)c(F)cn1. The Morgan fingerprint density at radius 3 is 2.59 bits per heavy atom. The maximum Gasteiger partial charge on any atom is 0.307 e. The zero-order valence-electron chi connectivity index (χ0n) is 24.1. The van der Waals surface area contributed by atoms with E-state index in [0.29, 0.717) is 23.4 Å². The molecule has 2 fully saturated rings. The predicted octanol–water partition coefficient (Wildman–Crippen LogP) is 7.83. The standard InChI is InChI=1S/C34H37F2NO4/c1-19-29(32(38)39)34(19)14-5-7-21-10-12-27(31(36)30(21)34)41-18-20-9-11-22(24-16-28(40-4)37-17-26(24)35)23(15-20)25-8-6-13-33(25,2)3/h9-12,15-17,19,25,29H,5-8,13-14,18H2,1-4H3,(H,38,39). The molecule has 7 heteroatoms. The van der Waals surface area contributed by atoms with Gasteiger partial charge in [0.15, 0.2) is 11.6 Å². The molecule has 6 rings (SSSR count). The molecule has 0 amide bonds. The Morgan fingerprint density at radius 1 is 1.10 bits per heavy atom. The van der Waals surface area contributed by atoms with Crippen LogP contribution in [0.3, 0.4) is 0 Å². The first-order valence-corrected chi connectivity index (χ1v) is 14.6. The molecule has 1 N–H and O–H groups in total.